The predicted octanol–water partition coefficient (Wildman–Crippen LogP) is 1.78. The fourth-order valence-corrected chi connectivity index (χ4v) is 2.59. The number of nitrogens with two attached hydrogens (primary N) is 1. The molecule has 0 spiro atoms. The molecule has 0 saturated heterocycles. The second-order valence-electron chi connectivity index (χ2n) is 5.41. The van der Waals surface area contributed by atoms with E-state index in [0.717, 1.165) is 28.3 Å². The van der Waals surface area contributed by atoms with E-state index < -0.39 is 6.04 Å². The smallest absolute Gasteiger partial charge is 0.241 e. The molecule has 2 rings (SSSR count). The second kappa shape index (κ2) is 7.78. The molecule has 0 saturated carbocycles. The Bertz CT molecular complexity index is 647. The number of hydrogen-bond acceptors (Lipinski definition) is 4. The van der Waals surface area contributed by atoms with E-state index in [0.29, 0.717) is 19.6 Å². The molecule has 0 fully saturated rings. The zero-order chi connectivity index (χ0) is 16.8. The number of aryl methyl sites for hydroxylation is 2. The largest absolute Gasteiger partial charge is 0.494 e. The first kappa shape index (κ1) is 17.0. The van der Waals surface area contributed by atoms with Crippen molar-refractivity contribution in [3.8, 4) is 5.75 Å². The van der Waals surface area contributed by atoms with Crippen LogP contribution in [0, 0.1) is 13.8 Å². The normalized spacial score (nSPS) is 12.0. The molecule has 1 heterocycles. The molecule has 1 aromatic carbocycles. The Morgan fingerprint density at radius 3 is 2.78 bits per heavy atom. The summed E-state index contributed by atoms with van der Waals surface area (Å²) in [5.41, 5.74) is 9.46. The molecule has 1 amide bonds. The quantitative estimate of drug-likeness (QED) is 0.726. The highest BCUT2D eigenvalue weighted by atomic mass is 16.5. The van der Waals surface area contributed by atoms with Crippen LogP contribution in [0.1, 0.15) is 35.5 Å². The van der Waals surface area contributed by atoms with Gasteiger partial charge < -0.3 is 15.8 Å². The van der Waals surface area contributed by atoms with Crippen LogP contribution < -0.4 is 15.8 Å². The van der Waals surface area contributed by atoms with Crippen molar-refractivity contribution in [1.29, 1.82) is 0 Å². The number of rotatable bonds is 7. The van der Waals surface area contributed by atoms with Gasteiger partial charge in [-0.25, -0.2) is 0 Å². The lowest BCUT2D eigenvalue weighted by Gasteiger charge is -2.14. The van der Waals surface area contributed by atoms with Crippen molar-refractivity contribution >= 4 is 5.91 Å². The third-order valence-electron chi connectivity index (χ3n) is 3.74. The zero-order valence-corrected chi connectivity index (χ0v) is 13.8. The minimum absolute atomic E-state index is 0.202. The van der Waals surface area contributed by atoms with Gasteiger partial charge in [-0.2, -0.15) is 5.10 Å². The molecule has 0 aliphatic carbocycles. The molecule has 124 valence electrons. The Balaban J connectivity index is 1.93. The second-order valence-corrected chi connectivity index (χ2v) is 5.41. The Labute approximate surface area is 136 Å². The van der Waals surface area contributed by atoms with Gasteiger partial charge in [-0.1, -0.05) is 18.2 Å². The molecular formula is C17H24N4O2. The molecule has 0 aliphatic heterocycles. The van der Waals surface area contributed by atoms with Crippen LogP contribution in [0.25, 0.3) is 0 Å². The van der Waals surface area contributed by atoms with Gasteiger partial charge in [-0.05, 0) is 38.8 Å². The minimum atomic E-state index is -0.712. The van der Waals surface area contributed by atoms with Crippen LogP contribution in [-0.2, 0) is 11.2 Å². The summed E-state index contributed by atoms with van der Waals surface area (Å²) in [7, 11) is 0. The van der Waals surface area contributed by atoms with Crippen LogP contribution in [-0.4, -0.2) is 29.3 Å². The lowest BCUT2D eigenvalue weighted by atomic mass is 10.0. The van der Waals surface area contributed by atoms with E-state index in [1.54, 1.807) is 0 Å². The maximum atomic E-state index is 12.2. The van der Waals surface area contributed by atoms with Gasteiger partial charge >= 0.3 is 0 Å². The first-order valence-corrected chi connectivity index (χ1v) is 7.80. The Hall–Kier alpha value is -2.34. The summed E-state index contributed by atoms with van der Waals surface area (Å²) < 4.78 is 5.58. The number of amides is 1. The van der Waals surface area contributed by atoms with Gasteiger partial charge in [-0.3, -0.25) is 9.89 Å². The number of hydrogen-bond donors (Lipinski definition) is 3. The van der Waals surface area contributed by atoms with E-state index >= 15 is 0 Å². The minimum Gasteiger partial charge on any atom is -0.494 e. The molecule has 6 heteroatoms. The fourth-order valence-electron chi connectivity index (χ4n) is 2.59. The molecular weight excluding hydrogens is 292 g/mol. The van der Waals surface area contributed by atoms with Crippen LogP contribution in [0.4, 0.5) is 0 Å². The first-order valence-electron chi connectivity index (χ1n) is 7.80. The van der Waals surface area contributed by atoms with Crippen molar-refractivity contribution in [1.82, 2.24) is 15.5 Å². The van der Waals surface area contributed by atoms with Crippen molar-refractivity contribution in [3.63, 3.8) is 0 Å². The van der Waals surface area contributed by atoms with Gasteiger partial charge in [0, 0.05) is 17.8 Å². The van der Waals surface area contributed by atoms with Crippen molar-refractivity contribution < 1.29 is 9.53 Å². The van der Waals surface area contributed by atoms with E-state index in [2.05, 4.69) is 15.5 Å². The number of benzene rings is 1. The lowest BCUT2D eigenvalue weighted by Crippen LogP contribution is -2.35. The number of carbonyl (C=O) groups excluding carboxylic acids is 1. The summed E-state index contributed by atoms with van der Waals surface area (Å²) in [6.07, 6.45) is 0.692. The van der Waals surface area contributed by atoms with Crippen molar-refractivity contribution in [3.05, 3.63) is 46.8 Å². The predicted molar refractivity (Wildman–Crippen MR) is 89.3 cm³/mol. The van der Waals surface area contributed by atoms with Gasteiger partial charge in [0.05, 0.1) is 12.3 Å². The zero-order valence-electron chi connectivity index (χ0n) is 13.8. The number of nitrogens with zero attached hydrogens (tertiary/aromatic N) is 1. The van der Waals surface area contributed by atoms with E-state index in [-0.39, 0.29) is 5.91 Å². The molecule has 1 aromatic heterocycles. The third kappa shape index (κ3) is 4.10. The standard InChI is InChI=1S/C17H24N4O2/c1-4-23-14-8-6-5-7-13(14)9-10-19-17(22)16(18)15-11(2)20-21-12(15)3/h5-8,16H,4,9-10,18H2,1-3H3,(H,19,22)(H,20,21)/t16-/m1/s1. The highest BCUT2D eigenvalue weighted by molar-refractivity contribution is 5.83. The van der Waals surface area contributed by atoms with E-state index in [1.807, 2.05) is 45.0 Å². The summed E-state index contributed by atoms with van der Waals surface area (Å²) in [4.78, 5) is 12.2. The maximum absolute atomic E-state index is 12.2. The number of para-hydroxylation sites is 1. The molecule has 0 radical (unpaired) electrons. The summed E-state index contributed by atoms with van der Waals surface area (Å²) >= 11 is 0. The SMILES string of the molecule is CCOc1ccccc1CCNC(=O)[C@H](N)c1c(C)n[nH]c1C. The Morgan fingerprint density at radius 1 is 1.39 bits per heavy atom. The van der Waals surface area contributed by atoms with Crippen LogP contribution >= 0.6 is 0 Å². The molecule has 2 aromatic rings. The number of H-pyrrole nitrogens is 1. The number of carbonyl (C=O) groups is 1. The van der Waals surface area contributed by atoms with Crippen LogP contribution in [0.2, 0.25) is 0 Å². The van der Waals surface area contributed by atoms with Crippen LogP contribution in [0.5, 0.6) is 5.75 Å². The number of aromatic amines is 1. The number of nitrogens with one attached hydrogen (secondary N) is 2. The average Bonchev–Trinajstić information content (AvgIpc) is 2.87. The number of aromatic nitrogens is 2. The van der Waals surface area contributed by atoms with Crippen molar-refractivity contribution in [2.24, 2.45) is 5.73 Å². The average molecular weight is 316 g/mol. The van der Waals surface area contributed by atoms with E-state index in [9.17, 15) is 4.79 Å². The van der Waals surface area contributed by atoms with Crippen molar-refractivity contribution in [2.75, 3.05) is 13.2 Å². The van der Waals surface area contributed by atoms with Gasteiger partial charge in [-0.15, -0.1) is 0 Å². The summed E-state index contributed by atoms with van der Waals surface area (Å²) in [5, 5.41) is 9.81. The highest BCUT2D eigenvalue weighted by Gasteiger charge is 2.21. The van der Waals surface area contributed by atoms with E-state index in [4.69, 9.17) is 10.5 Å². The number of ether oxygens (including phenoxy) is 1. The maximum Gasteiger partial charge on any atom is 0.241 e. The first-order chi connectivity index (χ1) is 11.0. The topological polar surface area (TPSA) is 93.0 Å². The fraction of sp³-hybridized carbons (Fsp3) is 0.412. The molecule has 0 unspecified atom stereocenters. The Kier molecular flexibility index (Phi) is 5.76. The third-order valence-corrected chi connectivity index (χ3v) is 3.74. The Morgan fingerprint density at radius 2 is 2.13 bits per heavy atom. The van der Waals surface area contributed by atoms with Gasteiger partial charge in [0.2, 0.25) is 5.91 Å². The van der Waals surface area contributed by atoms with Crippen molar-refractivity contribution in [2.45, 2.75) is 33.2 Å². The summed E-state index contributed by atoms with van der Waals surface area (Å²) in [6.45, 7) is 6.78. The molecule has 6 nitrogen and oxygen atoms in total. The van der Waals surface area contributed by atoms with Gasteiger partial charge in [0.15, 0.2) is 0 Å². The lowest BCUT2D eigenvalue weighted by molar-refractivity contribution is -0.122. The van der Waals surface area contributed by atoms with Gasteiger partial charge in [0.1, 0.15) is 11.8 Å². The van der Waals surface area contributed by atoms with Crippen LogP contribution in [0.3, 0.4) is 0 Å². The molecule has 0 bridgehead atoms. The van der Waals surface area contributed by atoms with Gasteiger partial charge in [0.25, 0.3) is 0 Å². The molecule has 23 heavy (non-hydrogen) atoms. The molecule has 0 aliphatic rings. The van der Waals surface area contributed by atoms with Crippen LogP contribution in [0.15, 0.2) is 24.3 Å². The van der Waals surface area contributed by atoms with E-state index in [1.165, 1.54) is 0 Å². The highest BCUT2D eigenvalue weighted by Crippen LogP contribution is 2.19. The monoisotopic (exact) mass is 316 g/mol. The molecule has 1 atom stereocenters. The summed E-state index contributed by atoms with van der Waals surface area (Å²) in [6, 6.07) is 7.12. The molecule has 4 N–H and O–H groups in total. The summed E-state index contributed by atoms with van der Waals surface area (Å²) in [5.74, 6) is 0.654.